The van der Waals surface area contributed by atoms with Gasteiger partial charge in [-0.2, -0.15) is 0 Å². The number of hydrogen-bond acceptors (Lipinski definition) is 2. The van der Waals surface area contributed by atoms with Gasteiger partial charge in [0.15, 0.2) is 0 Å². The first-order chi connectivity index (χ1) is 6.79. The van der Waals surface area contributed by atoms with Crippen molar-refractivity contribution in [1.82, 2.24) is 4.90 Å². The summed E-state index contributed by atoms with van der Waals surface area (Å²) >= 11 is 13.3. The Kier molecular flexibility index (Phi) is 3.72. The normalized spacial score (nSPS) is 16.5. The molecule has 0 unspecified atom stereocenters. The van der Waals surface area contributed by atoms with E-state index in [1.807, 2.05) is 6.07 Å². The topological polar surface area (TPSA) is 3.24 Å². The van der Waals surface area contributed by atoms with Crippen molar-refractivity contribution in [2.24, 2.45) is 0 Å². The molecule has 0 radical (unpaired) electrons. The third-order valence-electron chi connectivity index (χ3n) is 2.42. The van der Waals surface area contributed by atoms with Crippen LogP contribution in [-0.4, -0.2) is 23.4 Å². The zero-order valence-corrected chi connectivity index (χ0v) is 10.2. The highest BCUT2D eigenvalue weighted by Crippen LogP contribution is 2.30. The summed E-state index contributed by atoms with van der Waals surface area (Å²) in [6.07, 6.45) is 2.66. The largest absolute Gasteiger partial charge is 0.294 e. The highest BCUT2D eigenvalue weighted by molar-refractivity contribution is 7.16. The molecule has 1 nitrogen and oxygen atoms in total. The molecule has 0 spiro atoms. The first-order valence-corrected chi connectivity index (χ1v) is 6.56. The fraction of sp³-hybridized carbons (Fsp3) is 0.600. The molecule has 0 saturated heterocycles. The molecule has 0 N–H and O–H groups in total. The molecular formula is C10H13Cl2NS. The summed E-state index contributed by atoms with van der Waals surface area (Å²) in [7, 11) is 0. The average Bonchev–Trinajstić information content (AvgIpc) is 2.91. The highest BCUT2D eigenvalue weighted by Gasteiger charge is 2.28. The van der Waals surface area contributed by atoms with E-state index >= 15 is 0 Å². The van der Waals surface area contributed by atoms with Gasteiger partial charge in [0.05, 0.1) is 4.34 Å². The van der Waals surface area contributed by atoms with E-state index in [0.717, 1.165) is 29.3 Å². The van der Waals surface area contributed by atoms with Gasteiger partial charge >= 0.3 is 0 Å². The summed E-state index contributed by atoms with van der Waals surface area (Å²) in [6, 6.07) is 4.85. The monoisotopic (exact) mass is 249 g/mol. The molecule has 1 aliphatic carbocycles. The lowest BCUT2D eigenvalue weighted by Gasteiger charge is -2.19. The standard InChI is InChI=1S/C10H13Cl2NS/c11-5-6-13(8-1-2-8)7-9-3-4-10(12)14-9/h3-4,8H,1-2,5-7H2. The van der Waals surface area contributed by atoms with Crippen LogP contribution in [0.4, 0.5) is 0 Å². The molecule has 0 amide bonds. The number of thiophene rings is 1. The zero-order chi connectivity index (χ0) is 9.97. The second-order valence-electron chi connectivity index (χ2n) is 3.60. The molecule has 4 heteroatoms. The van der Waals surface area contributed by atoms with Crippen LogP contribution in [0.3, 0.4) is 0 Å². The Morgan fingerprint density at radius 1 is 1.43 bits per heavy atom. The van der Waals surface area contributed by atoms with Gasteiger partial charge in [-0.3, -0.25) is 4.90 Å². The molecule has 0 atom stereocenters. The van der Waals surface area contributed by atoms with Crippen LogP contribution < -0.4 is 0 Å². The van der Waals surface area contributed by atoms with Gasteiger partial charge in [0, 0.05) is 29.9 Å². The van der Waals surface area contributed by atoms with Crippen LogP contribution in [0, 0.1) is 0 Å². The van der Waals surface area contributed by atoms with Crippen molar-refractivity contribution >= 4 is 34.5 Å². The first kappa shape index (κ1) is 10.7. The van der Waals surface area contributed by atoms with Crippen LogP contribution in [0.1, 0.15) is 17.7 Å². The van der Waals surface area contributed by atoms with Gasteiger partial charge in [-0.25, -0.2) is 0 Å². The van der Waals surface area contributed by atoms with Crippen molar-refractivity contribution in [2.75, 3.05) is 12.4 Å². The van der Waals surface area contributed by atoms with Crippen LogP contribution >= 0.6 is 34.5 Å². The Labute approximate surface area is 98.6 Å². The summed E-state index contributed by atoms with van der Waals surface area (Å²) in [6.45, 7) is 2.00. The van der Waals surface area contributed by atoms with Gasteiger partial charge in [-0.1, -0.05) is 11.6 Å². The van der Waals surface area contributed by atoms with E-state index in [4.69, 9.17) is 23.2 Å². The van der Waals surface area contributed by atoms with E-state index in [1.54, 1.807) is 11.3 Å². The Balaban J connectivity index is 1.92. The Morgan fingerprint density at radius 3 is 2.71 bits per heavy atom. The van der Waals surface area contributed by atoms with Crippen LogP contribution in [0.15, 0.2) is 12.1 Å². The van der Waals surface area contributed by atoms with E-state index in [2.05, 4.69) is 11.0 Å². The van der Waals surface area contributed by atoms with Gasteiger partial charge in [-0.15, -0.1) is 22.9 Å². The third kappa shape index (κ3) is 2.86. The van der Waals surface area contributed by atoms with Crippen molar-refractivity contribution in [3.05, 3.63) is 21.3 Å². The lowest BCUT2D eigenvalue weighted by atomic mass is 10.4. The fourth-order valence-corrected chi connectivity index (χ4v) is 2.91. The summed E-state index contributed by atoms with van der Waals surface area (Å²) in [5.41, 5.74) is 0. The zero-order valence-electron chi connectivity index (χ0n) is 7.88. The van der Waals surface area contributed by atoms with E-state index in [0.29, 0.717) is 0 Å². The van der Waals surface area contributed by atoms with E-state index in [-0.39, 0.29) is 0 Å². The van der Waals surface area contributed by atoms with Gasteiger partial charge in [0.1, 0.15) is 0 Å². The molecule has 1 aliphatic rings. The lowest BCUT2D eigenvalue weighted by Crippen LogP contribution is -2.27. The van der Waals surface area contributed by atoms with Crippen molar-refractivity contribution in [1.29, 1.82) is 0 Å². The fourth-order valence-electron chi connectivity index (χ4n) is 1.58. The van der Waals surface area contributed by atoms with Crippen LogP contribution in [-0.2, 0) is 6.54 Å². The third-order valence-corrected chi connectivity index (χ3v) is 3.81. The molecule has 0 bridgehead atoms. The van der Waals surface area contributed by atoms with E-state index in [1.165, 1.54) is 17.7 Å². The lowest BCUT2D eigenvalue weighted by molar-refractivity contribution is 0.273. The number of nitrogens with zero attached hydrogens (tertiary/aromatic N) is 1. The van der Waals surface area contributed by atoms with Crippen molar-refractivity contribution in [3.8, 4) is 0 Å². The number of hydrogen-bond donors (Lipinski definition) is 0. The Morgan fingerprint density at radius 2 is 2.21 bits per heavy atom. The molecule has 2 rings (SSSR count). The predicted molar refractivity (Wildman–Crippen MR) is 63.5 cm³/mol. The van der Waals surface area contributed by atoms with Crippen molar-refractivity contribution in [3.63, 3.8) is 0 Å². The molecule has 14 heavy (non-hydrogen) atoms. The van der Waals surface area contributed by atoms with Gasteiger partial charge in [0.25, 0.3) is 0 Å². The molecular weight excluding hydrogens is 237 g/mol. The minimum Gasteiger partial charge on any atom is -0.294 e. The quantitative estimate of drug-likeness (QED) is 0.721. The number of rotatable bonds is 5. The minimum absolute atomic E-state index is 0.718. The summed E-state index contributed by atoms with van der Waals surface area (Å²) in [5.74, 6) is 0.718. The summed E-state index contributed by atoms with van der Waals surface area (Å²) in [4.78, 5) is 3.79. The SMILES string of the molecule is ClCCN(Cc1ccc(Cl)s1)C1CC1. The van der Waals surface area contributed by atoms with Gasteiger partial charge < -0.3 is 0 Å². The van der Waals surface area contributed by atoms with Crippen LogP contribution in [0.5, 0.6) is 0 Å². The van der Waals surface area contributed by atoms with E-state index < -0.39 is 0 Å². The highest BCUT2D eigenvalue weighted by atomic mass is 35.5. The smallest absolute Gasteiger partial charge is 0.0931 e. The maximum Gasteiger partial charge on any atom is 0.0931 e. The summed E-state index contributed by atoms with van der Waals surface area (Å²) in [5, 5.41) is 0. The molecule has 1 aromatic rings. The molecule has 1 aromatic heterocycles. The predicted octanol–water partition coefficient (Wildman–Crippen LogP) is 3.60. The number of alkyl halides is 1. The van der Waals surface area contributed by atoms with Crippen LogP contribution in [0.25, 0.3) is 0 Å². The molecule has 1 heterocycles. The second kappa shape index (κ2) is 4.84. The molecule has 0 aromatic carbocycles. The first-order valence-electron chi connectivity index (χ1n) is 4.84. The molecule has 1 fully saturated rings. The molecule has 78 valence electrons. The number of halogens is 2. The molecule has 0 aliphatic heterocycles. The van der Waals surface area contributed by atoms with Crippen LogP contribution in [0.2, 0.25) is 4.34 Å². The second-order valence-corrected chi connectivity index (χ2v) is 5.77. The maximum atomic E-state index is 5.89. The average molecular weight is 250 g/mol. The summed E-state index contributed by atoms with van der Waals surface area (Å²) < 4.78 is 0.877. The van der Waals surface area contributed by atoms with Gasteiger partial charge in [-0.05, 0) is 25.0 Å². The minimum atomic E-state index is 0.718. The Bertz CT molecular complexity index is 296. The van der Waals surface area contributed by atoms with Crippen molar-refractivity contribution < 1.29 is 0 Å². The van der Waals surface area contributed by atoms with Crippen molar-refractivity contribution in [2.45, 2.75) is 25.4 Å². The Hall–Kier alpha value is 0.240. The van der Waals surface area contributed by atoms with Gasteiger partial charge in [0.2, 0.25) is 0 Å². The molecule has 1 saturated carbocycles. The van der Waals surface area contributed by atoms with E-state index in [9.17, 15) is 0 Å². The maximum absolute atomic E-state index is 5.89.